The minimum atomic E-state index is -2.90. The number of sulfone groups is 1. The number of carbonyl (C=O) groups is 1. The number of carbonyl (C=O) groups excluding carboxylic acids is 1. The lowest BCUT2D eigenvalue weighted by Crippen LogP contribution is -2.33. The summed E-state index contributed by atoms with van der Waals surface area (Å²) in [7, 11) is -1.08. The van der Waals surface area contributed by atoms with Crippen LogP contribution in [0.1, 0.15) is 6.42 Å². The highest BCUT2D eigenvalue weighted by molar-refractivity contribution is 7.91. The van der Waals surface area contributed by atoms with Crippen LogP contribution >= 0.6 is 0 Å². The summed E-state index contributed by atoms with van der Waals surface area (Å²) in [5, 5.41) is 11.3. The fourth-order valence-electron chi connectivity index (χ4n) is 1.89. The van der Waals surface area contributed by atoms with Crippen molar-refractivity contribution in [3.63, 3.8) is 0 Å². The van der Waals surface area contributed by atoms with Gasteiger partial charge in [0.25, 0.3) is 0 Å². The topological polar surface area (TPSA) is 95.9 Å². The summed E-state index contributed by atoms with van der Waals surface area (Å²) in [6.07, 6.45) is 0.0729. The van der Waals surface area contributed by atoms with Gasteiger partial charge in [-0.25, -0.2) is 13.2 Å². The van der Waals surface area contributed by atoms with Gasteiger partial charge in [0.15, 0.2) is 9.84 Å². The zero-order chi connectivity index (χ0) is 14.3. The Kier molecular flexibility index (Phi) is 6.53. The Balaban J connectivity index is 2.09. The first-order chi connectivity index (χ1) is 8.93. The Hall–Kier alpha value is -0.860. The number of hydrogen-bond acceptors (Lipinski definition) is 6. The van der Waals surface area contributed by atoms with E-state index < -0.39 is 15.9 Å². The molecule has 1 rings (SSSR count). The van der Waals surface area contributed by atoms with Crippen LogP contribution in [0.15, 0.2) is 0 Å². The molecule has 0 aromatic heterocycles. The van der Waals surface area contributed by atoms with E-state index in [9.17, 15) is 13.2 Å². The molecule has 19 heavy (non-hydrogen) atoms. The SMILES string of the molecule is CN(CCO)CCOC(=O)NCC1CCS(=O)(=O)C1. The maximum absolute atomic E-state index is 11.3. The van der Waals surface area contributed by atoms with Gasteiger partial charge in [0.05, 0.1) is 18.1 Å². The highest BCUT2D eigenvalue weighted by atomic mass is 32.2. The summed E-state index contributed by atoms with van der Waals surface area (Å²) in [5.41, 5.74) is 0. The van der Waals surface area contributed by atoms with Gasteiger partial charge in [0.1, 0.15) is 6.61 Å². The van der Waals surface area contributed by atoms with Crippen LogP contribution in [0.3, 0.4) is 0 Å². The lowest BCUT2D eigenvalue weighted by atomic mass is 10.1. The summed E-state index contributed by atoms with van der Waals surface area (Å²) in [6, 6.07) is 0. The van der Waals surface area contributed by atoms with E-state index >= 15 is 0 Å². The van der Waals surface area contributed by atoms with Crippen LogP contribution in [0.25, 0.3) is 0 Å². The molecule has 7 nitrogen and oxygen atoms in total. The normalized spacial score (nSPS) is 21.5. The van der Waals surface area contributed by atoms with Crippen LogP contribution < -0.4 is 5.32 Å². The van der Waals surface area contributed by atoms with Gasteiger partial charge in [-0.1, -0.05) is 0 Å². The van der Waals surface area contributed by atoms with Gasteiger partial charge < -0.3 is 20.1 Å². The second kappa shape index (κ2) is 7.66. The number of aliphatic hydroxyl groups is 1. The van der Waals surface area contributed by atoms with Gasteiger partial charge in [-0.3, -0.25) is 0 Å². The largest absolute Gasteiger partial charge is 0.448 e. The molecular weight excluding hydrogens is 272 g/mol. The van der Waals surface area contributed by atoms with Crippen molar-refractivity contribution < 1.29 is 23.1 Å². The molecule has 1 amide bonds. The second-order valence-corrected chi connectivity index (χ2v) is 7.04. The molecule has 0 aromatic rings. The maximum Gasteiger partial charge on any atom is 0.407 e. The molecule has 1 atom stereocenters. The quantitative estimate of drug-likeness (QED) is 0.630. The fourth-order valence-corrected chi connectivity index (χ4v) is 3.75. The van der Waals surface area contributed by atoms with E-state index in [1.54, 1.807) is 0 Å². The van der Waals surface area contributed by atoms with Gasteiger partial charge in [-0.2, -0.15) is 0 Å². The molecule has 0 aromatic carbocycles. The molecule has 2 N–H and O–H groups in total. The zero-order valence-corrected chi connectivity index (χ0v) is 12.0. The molecule has 0 saturated carbocycles. The lowest BCUT2D eigenvalue weighted by Gasteiger charge is -2.15. The van der Waals surface area contributed by atoms with Gasteiger partial charge in [0.2, 0.25) is 0 Å². The van der Waals surface area contributed by atoms with E-state index in [0.29, 0.717) is 26.1 Å². The Morgan fingerprint density at radius 2 is 2.21 bits per heavy atom. The van der Waals surface area contributed by atoms with Crippen LogP contribution in [-0.2, 0) is 14.6 Å². The van der Waals surface area contributed by atoms with Gasteiger partial charge in [0, 0.05) is 19.6 Å². The number of amides is 1. The van der Waals surface area contributed by atoms with Crippen LogP contribution in [0.2, 0.25) is 0 Å². The molecule has 8 heteroatoms. The number of nitrogens with one attached hydrogen (secondary N) is 1. The third-order valence-corrected chi connectivity index (χ3v) is 4.89. The lowest BCUT2D eigenvalue weighted by molar-refractivity contribution is 0.126. The van der Waals surface area contributed by atoms with Gasteiger partial charge in [-0.05, 0) is 19.4 Å². The summed E-state index contributed by atoms with van der Waals surface area (Å²) in [6.45, 7) is 1.73. The molecule has 1 saturated heterocycles. The Morgan fingerprint density at radius 3 is 2.79 bits per heavy atom. The third-order valence-electron chi connectivity index (χ3n) is 3.05. The predicted octanol–water partition coefficient (Wildman–Crippen LogP) is -0.929. The highest BCUT2D eigenvalue weighted by Gasteiger charge is 2.27. The number of aliphatic hydroxyl groups excluding tert-OH is 1. The summed E-state index contributed by atoms with van der Waals surface area (Å²) >= 11 is 0. The van der Waals surface area contributed by atoms with E-state index in [1.807, 2.05) is 11.9 Å². The van der Waals surface area contributed by atoms with Crippen LogP contribution in [0.4, 0.5) is 4.79 Å². The number of nitrogens with zero attached hydrogens (tertiary/aromatic N) is 1. The van der Waals surface area contributed by atoms with Crippen molar-refractivity contribution in [3.05, 3.63) is 0 Å². The minimum Gasteiger partial charge on any atom is -0.448 e. The highest BCUT2D eigenvalue weighted by Crippen LogP contribution is 2.17. The second-order valence-electron chi connectivity index (χ2n) is 4.81. The fraction of sp³-hybridized carbons (Fsp3) is 0.909. The molecule has 0 bridgehead atoms. The van der Waals surface area contributed by atoms with E-state index in [2.05, 4.69) is 5.32 Å². The predicted molar refractivity (Wildman–Crippen MR) is 70.7 cm³/mol. The van der Waals surface area contributed by atoms with Crippen molar-refractivity contribution in [3.8, 4) is 0 Å². The molecule has 0 aliphatic carbocycles. The molecule has 0 radical (unpaired) electrons. The summed E-state index contributed by atoms with van der Waals surface area (Å²) < 4.78 is 27.4. The maximum atomic E-state index is 11.3. The first kappa shape index (κ1) is 16.2. The number of alkyl carbamates (subject to hydrolysis) is 1. The van der Waals surface area contributed by atoms with E-state index in [4.69, 9.17) is 9.84 Å². The zero-order valence-electron chi connectivity index (χ0n) is 11.2. The number of ether oxygens (including phenoxy) is 1. The average molecular weight is 294 g/mol. The molecule has 1 heterocycles. The van der Waals surface area contributed by atoms with Crippen molar-refractivity contribution in [2.75, 3.05) is 51.4 Å². The Morgan fingerprint density at radius 1 is 1.47 bits per heavy atom. The average Bonchev–Trinajstić information content (AvgIpc) is 2.67. The molecule has 112 valence electrons. The summed E-state index contributed by atoms with van der Waals surface area (Å²) in [5.74, 6) is 0.349. The Labute approximate surface area is 113 Å². The van der Waals surface area contributed by atoms with Crippen LogP contribution in [-0.4, -0.2) is 75.9 Å². The van der Waals surface area contributed by atoms with Crippen molar-refractivity contribution in [1.29, 1.82) is 0 Å². The molecule has 1 fully saturated rings. The van der Waals surface area contributed by atoms with Crippen molar-refractivity contribution >= 4 is 15.9 Å². The van der Waals surface area contributed by atoms with Crippen LogP contribution in [0.5, 0.6) is 0 Å². The van der Waals surface area contributed by atoms with E-state index in [-0.39, 0.29) is 30.6 Å². The summed E-state index contributed by atoms with van der Waals surface area (Å²) in [4.78, 5) is 13.2. The molecule has 1 aliphatic heterocycles. The van der Waals surface area contributed by atoms with Crippen LogP contribution in [0, 0.1) is 5.92 Å². The molecular formula is C11H22N2O5S. The number of likely N-dealkylation sites (N-methyl/N-ethyl adjacent to an activating group) is 1. The molecule has 0 spiro atoms. The monoisotopic (exact) mass is 294 g/mol. The van der Waals surface area contributed by atoms with Crippen molar-refractivity contribution in [1.82, 2.24) is 10.2 Å². The number of rotatable bonds is 7. The van der Waals surface area contributed by atoms with Gasteiger partial charge in [-0.15, -0.1) is 0 Å². The first-order valence-electron chi connectivity index (χ1n) is 6.33. The van der Waals surface area contributed by atoms with E-state index in [1.165, 1.54) is 0 Å². The van der Waals surface area contributed by atoms with Crippen molar-refractivity contribution in [2.45, 2.75) is 6.42 Å². The smallest absolute Gasteiger partial charge is 0.407 e. The number of hydrogen-bond donors (Lipinski definition) is 2. The molecule has 1 aliphatic rings. The van der Waals surface area contributed by atoms with Gasteiger partial charge >= 0.3 is 6.09 Å². The van der Waals surface area contributed by atoms with Crippen molar-refractivity contribution in [2.24, 2.45) is 5.92 Å². The standard InChI is InChI=1S/C11H22N2O5S/c1-13(3-5-14)4-6-18-11(15)12-8-10-2-7-19(16,17)9-10/h10,14H,2-9H2,1H3,(H,12,15). The minimum absolute atomic E-state index is 0.00499. The van der Waals surface area contributed by atoms with E-state index in [0.717, 1.165) is 0 Å². The molecule has 1 unspecified atom stereocenters. The first-order valence-corrected chi connectivity index (χ1v) is 8.15. The third kappa shape index (κ3) is 6.74. The Bertz CT molecular complexity index is 385.